The molecule has 0 unspecified atom stereocenters. The molecule has 0 bridgehead atoms. The van der Waals surface area contributed by atoms with Crippen molar-refractivity contribution in [2.45, 2.75) is 4.84 Å². The summed E-state index contributed by atoms with van der Waals surface area (Å²) in [7, 11) is 0. The van der Waals surface area contributed by atoms with Gasteiger partial charge in [-0.15, -0.1) is 0 Å². The Hall–Kier alpha value is 0.570. The zero-order valence-corrected chi connectivity index (χ0v) is 9.18. The summed E-state index contributed by atoms with van der Waals surface area (Å²) in [5, 5.41) is 0.578. The van der Waals surface area contributed by atoms with Crippen LogP contribution in [0.25, 0.3) is 0 Å². The Balaban J connectivity index is 3.21. The molecule has 0 spiro atoms. The van der Waals surface area contributed by atoms with Crippen LogP contribution in [0.3, 0.4) is 0 Å². The zero-order chi connectivity index (χ0) is 8.43. The first-order chi connectivity index (χ1) is 5.13. The molecule has 1 rings (SSSR count). The first-order valence-electron chi connectivity index (χ1n) is 2.85. The van der Waals surface area contributed by atoms with Crippen LogP contribution in [0.1, 0.15) is 10.4 Å². The van der Waals surface area contributed by atoms with E-state index in [9.17, 15) is 0 Å². The van der Waals surface area contributed by atoms with Gasteiger partial charge in [0.25, 0.3) is 0 Å². The van der Waals surface area contributed by atoms with Crippen molar-refractivity contribution < 1.29 is 0 Å². The largest absolute Gasteiger partial charge is 0.135 e. The molecule has 0 atom stereocenters. The average Bonchev–Trinajstić information content (AvgIpc) is 1.85. The van der Waals surface area contributed by atoms with Gasteiger partial charge in [0, 0.05) is 15.1 Å². The predicted octanol–water partition coefficient (Wildman–Crippen LogP) is 4.58. The van der Waals surface area contributed by atoms with Gasteiger partial charge in [0.2, 0.25) is 0 Å². The normalized spacial score (nSPS) is 10.6. The molecule has 0 N–H and O–H groups in total. The summed E-state index contributed by atoms with van der Waals surface area (Å²) >= 11 is 20.4. The van der Waals surface area contributed by atoms with Crippen LogP contribution in [0.5, 0.6) is 0 Å². The lowest BCUT2D eigenvalue weighted by Gasteiger charge is -2.06. The van der Waals surface area contributed by atoms with Crippen molar-refractivity contribution in [3.63, 3.8) is 0 Å². The summed E-state index contributed by atoms with van der Waals surface area (Å²) in [5.41, 5.74) is 0.720. The van der Waals surface area contributed by atoms with E-state index in [1.54, 1.807) is 6.07 Å². The van der Waals surface area contributed by atoms with E-state index in [0.29, 0.717) is 5.02 Å². The third-order valence-electron chi connectivity index (χ3n) is 1.22. The Kier molecular flexibility index (Phi) is 3.51. The molecule has 4 heteroatoms. The standard InChI is InChI=1S/C7H4BrCl3/c8-4-2-1-3-5(9)6(4)7(10)11/h1-3,7H. The van der Waals surface area contributed by atoms with Crippen molar-refractivity contribution in [2.75, 3.05) is 0 Å². The summed E-state index contributed by atoms with van der Waals surface area (Å²) in [6.45, 7) is 0. The number of halogens is 4. The molecule has 0 aromatic heterocycles. The van der Waals surface area contributed by atoms with E-state index in [0.717, 1.165) is 10.0 Å². The van der Waals surface area contributed by atoms with E-state index in [1.807, 2.05) is 12.1 Å². The minimum absolute atomic E-state index is 0.578. The molecule has 0 saturated carbocycles. The number of hydrogen-bond acceptors (Lipinski definition) is 0. The number of hydrogen-bond donors (Lipinski definition) is 0. The van der Waals surface area contributed by atoms with Gasteiger partial charge in [-0.3, -0.25) is 0 Å². The quantitative estimate of drug-likeness (QED) is 0.658. The van der Waals surface area contributed by atoms with Gasteiger partial charge in [0.05, 0.1) is 0 Å². The number of rotatable bonds is 1. The highest BCUT2D eigenvalue weighted by atomic mass is 79.9. The van der Waals surface area contributed by atoms with Gasteiger partial charge in [-0.25, -0.2) is 0 Å². The second-order valence-corrected chi connectivity index (χ2v) is 4.29. The van der Waals surface area contributed by atoms with Crippen LogP contribution < -0.4 is 0 Å². The molecule has 0 nitrogen and oxygen atoms in total. The molecular weight excluding hydrogens is 270 g/mol. The van der Waals surface area contributed by atoms with Gasteiger partial charge in [-0.1, -0.05) is 56.8 Å². The molecule has 0 amide bonds. The first-order valence-corrected chi connectivity index (χ1v) is 4.89. The second kappa shape index (κ2) is 3.99. The van der Waals surface area contributed by atoms with Gasteiger partial charge in [-0.05, 0) is 12.1 Å². The van der Waals surface area contributed by atoms with E-state index < -0.39 is 4.84 Å². The fraction of sp³-hybridized carbons (Fsp3) is 0.143. The van der Waals surface area contributed by atoms with Crippen molar-refractivity contribution >= 4 is 50.7 Å². The maximum Gasteiger partial charge on any atom is 0.135 e. The Labute approximate surface area is 88.6 Å². The van der Waals surface area contributed by atoms with E-state index in [2.05, 4.69) is 15.9 Å². The molecule has 1 aromatic rings. The SMILES string of the molecule is Clc1cccc(Br)c1C(Cl)Cl. The Morgan fingerprint density at radius 3 is 2.27 bits per heavy atom. The van der Waals surface area contributed by atoms with Crippen LogP contribution in [-0.4, -0.2) is 0 Å². The van der Waals surface area contributed by atoms with E-state index in [1.165, 1.54) is 0 Å². The van der Waals surface area contributed by atoms with E-state index in [4.69, 9.17) is 34.8 Å². The molecule has 11 heavy (non-hydrogen) atoms. The van der Waals surface area contributed by atoms with E-state index in [-0.39, 0.29) is 0 Å². The van der Waals surface area contributed by atoms with Crippen LogP contribution in [-0.2, 0) is 0 Å². The highest BCUT2D eigenvalue weighted by molar-refractivity contribution is 9.10. The summed E-state index contributed by atoms with van der Waals surface area (Å²) in [6, 6.07) is 5.42. The summed E-state index contributed by atoms with van der Waals surface area (Å²) in [5.74, 6) is 0. The molecule has 0 aliphatic carbocycles. The lowest BCUT2D eigenvalue weighted by Crippen LogP contribution is -1.84. The lowest BCUT2D eigenvalue weighted by molar-refractivity contribution is 1.32. The topological polar surface area (TPSA) is 0 Å². The predicted molar refractivity (Wildman–Crippen MR) is 53.6 cm³/mol. The molecule has 1 aromatic carbocycles. The van der Waals surface area contributed by atoms with Gasteiger partial charge >= 0.3 is 0 Å². The Bertz CT molecular complexity index is 240. The van der Waals surface area contributed by atoms with Gasteiger partial charge < -0.3 is 0 Å². The van der Waals surface area contributed by atoms with Gasteiger partial charge in [-0.2, -0.15) is 0 Å². The van der Waals surface area contributed by atoms with Crippen molar-refractivity contribution in [3.8, 4) is 0 Å². The van der Waals surface area contributed by atoms with Gasteiger partial charge in [0.15, 0.2) is 0 Å². The molecular formula is C7H4BrCl3. The molecule has 60 valence electrons. The van der Waals surface area contributed by atoms with Crippen LogP contribution in [0.4, 0.5) is 0 Å². The van der Waals surface area contributed by atoms with Crippen molar-refractivity contribution in [2.24, 2.45) is 0 Å². The highest BCUT2D eigenvalue weighted by Gasteiger charge is 2.11. The monoisotopic (exact) mass is 272 g/mol. The van der Waals surface area contributed by atoms with Crippen molar-refractivity contribution in [1.82, 2.24) is 0 Å². The second-order valence-electron chi connectivity index (χ2n) is 1.94. The Morgan fingerprint density at radius 2 is 1.91 bits per heavy atom. The number of benzene rings is 1. The van der Waals surface area contributed by atoms with Crippen molar-refractivity contribution in [3.05, 3.63) is 33.3 Å². The maximum atomic E-state index is 5.83. The minimum atomic E-state index is -0.585. The van der Waals surface area contributed by atoms with Crippen molar-refractivity contribution in [1.29, 1.82) is 0 Å². The maximum absolute atomic E-state index is 5.83. The van der Waals surface area contributed by atoms with E-state index >= 15 is 0 Å². The fourth-order valence-corrected chi connectivity index (χ4v) is 2.56. The van der Waals surface area contributed by atoms with Crippen LogP contribution in [0.2, 0.25) is 5.02 Å². The highest BCUT2D eigenvalue weighted by Crippen LogP contribution is 2.36. The molecule has 0 aliphatic heterocycles. The molecule has 0 heterocycles. The average molecular weight is 274 g/mol. The molecule has 0 fully saturated rings. The summed E-state index contributed by atoms with van der Waals surface area (Å²) < 4.78 is 0.833. The van der Waals surface area contributed by atoms with Crippen LogP contribution >= 0.6 is 50.7 Å². The number of alkyl halides is 2. The lowest BCUT2D eigenvalue weighted by atomic mass is 10.2. The fourth-order valence-electron chi connectivity index (χ4n) is 0.719. The van der Waals surface area contributed by atoms with Gasteiger partial charge in [0.1, 0.15) is 4.84 Å². The first kappa shape index (κ1) is 9.66. The van der Waals surface area contributed by atoms with Crippen LogP contribution in [0.15, 0.2) is 22.7 Å². The molecule has 0 saturated heterocycles. The smallest absolute Gasteiger partial charge is 0.1000 e. The third kappa shape index (κ3) is 2.25. The molecule has 0 aliphatic rings. The minimum Gasteiger partial charge on any atom is -0.1000 e. The van der Waals surface area contributed by atoms with Crippen LogP contribution in [0, 0.1) is 0 Å². The Morgan fingerprint density at radius 1 is 1.27 bits per heavy atom. The zero-order valence-electron chi connectivity index (χ0n) is 5.32. The molecule has 0 radical (unpaired) electrons. The summed E-state index contributed by atoms with van der Waals surface area (Å²) in [6.07, 6.45) is 0. The third-order valence-corrected chi connectivity index (χ3v) is 2.68. The summed E-state index contributed by atoms with van der Waals surface area (Å²) in [4.78, 5) is -0.585.